The summed E-state index contributed by atoms with van der Waals surface area (Å²) in [5.41, 5.74) is 1.73. The lowest BCUT2D eigenvalue weighted by Crippen LogP contribution is -2.38. The number of halogens is 2. The van der Waals surface area contributed by atoms with Crippen molar-refractivity contribution in [2.45, 2.75) is 20.3 Å². The van der Waals surface area contributed by atoms with E-state index < -0.39 is 0 Å². The molecule has 0 radical (unpaired) electrons. The van der Waals surface area contributed by atoms with E-state index in [2.05, 4.69) is 33.2 Å². The number of aromatic nitrogens is 1. The van der Waals surface area contributed by atoms with Crippen LogP contribution in [0.5, 0.6) is 0 Å². The number of carbonyl (C=O) groups excluding carboxylic acids is 1. The van der Waals surface area contributed by atoms with Gasteiger partial charge in [-0.25, -0.2) is 9.78 Å². The molecule has 118 valence electrons. The van der Waals surface area contributed by atoms with E-state index in [4.69, 9.17) is 11.6 Å². The lowest BCUT2D eigenvalue weighted by Gasteiger charge is -2.19. The van der Waals surface area contributed by atoms with Crippen molar-refractivity contribution in [1.29, 1.82) is 0 Å². The first-order chi connectivity index (χ1) is 10.4. The minimum absolute atomic E-state index is 0.186. The van der Waals surface area contributed by atoms with E-state index in [0.29, 0.717) is 17.3 Å². The molecule has 0 fully saturated rings. The van der Waals surface area contributed by atoms with Crippen LogP contribution in [-0.4, -0.2) is 24.6 Å². The number of nitrogens with zero attached hydrogens (tertiary/aromatic N) is 2. The summed E-state index contributed by atoms with van der Waals surface area (Å²) in [5.74, 6) is 0. The number of anilines is 1. The van der Waals surface area contributed by atoms with Gasteiger partial charge in [-0.05, 0) is 32.0 Å². The Morgan fingerprint density at radius 3 is 2.77 bits per heavy atom. The summed E-state index contributed by atoms with van der Waals surface area (Å²) in [6.45, 7) is 4.60. The van der Waals surface area contributed by atoms with Crippen LogP contribution in [0, 0.1) is 13.8 Å². The Kier molecular flexibility index (Phi) is 5.83. The molecule has 0 unspecified atom stereocenters. The molecule has 2 amide bonds. The number of aryl methyl sites for hydroxylation is 2. The van der Waals surface area contributed by atoms with Gasteiger partial charge in [-0.3, -0.25) is 4.90 Å². The van der Waals surface area contributed by atoms with E-state index in [-0.39, 0.29) is 6.03 Å². The fraction of sp³-hybridized carbons (Fsp3) is 0.333. The first-order valence-corrected chi connectivity index (χ1v) is 8.76. The van der Waals surface area contributed by atoms with Gasteiger partial charge in [-0.2, -0.15) is 0 Å². The fourth-order valence-corrected chi connectivity index (χ4v) is 3.64. The van der Waals surface area contributed by atoms with Gasteiger partial charge in [0.05, 0.1) is 21.4 Å². The van der Waals surface area contributed by atoms with Crippen LogP contribution in [0.25, 0.3) is 0 Å². The number of thiazole rings is 1. The molecule has 0 bridgehead atoms. The highest BCUT2D eigenvalue weighted by atomic mass is 79.9. The summed E-state index contributed by atoms with van der Waals surface area (Å²) in [7, 11) is 1.70. The molecule has 1 N–H and O–H groups in total. The van der Waals surface area contributed by atoms with Gasteiger partial charge in [0.25, 0.3) is 0 Å². The minimum atomic E-state index is -0.186. The van der Waals surface area contributed by atoms with Gasteiger partial charge in [0.15, 0.2) is 0 Å². The number of hydrogen-bond acceptors (Lipinski definition) is 3. The van der Waals surface area contributed by atoms with Crippen molar-refractivity contribution >= 4 is 50.6 Å². The van der Waals surface area contributed by atoms with Gasteiger partial charge in [0.2, 0.25) is 0 Å². The van der Waals surface area contributed by atoms with Crippen LogP contribution in [-0.2, 0) is 6.42 Å². The van der Waals surface area contributed by atoms with Crippen molar-refractivity contribution in [2.24, 2.45) is 0 Å². The Bertz CT molecular complexity index is 670. The van der Waals surface area contributed by atoms with E-state index in [1.807, 2.05) is 13.0 Å². The number of carbonyl (C=O) groups is 1. The van der Waals surface area contributed by atoms with Crippen LogP contribution in [0.1, 0.15) is 15.6 Å². The van der Waals surface area contributed by atoms with Crippen LogP contribution in [0.3, 0.4) is 0 Å². The van der Waals surface area contributed by atoms with Gasteiger partial charge in [-0.15, -0.1) is 11.3 Å². The Morgan fingerprint density at radius 1 is 1.45 bits per heavy atom. The molecule has 4 nitrogen and oxygen atoms in total. The molecule has 0 aliphatic carbocycles. The molecule has 7 heteroatoms. The largest absolute Gasteiger partial charge is 0.337 e. The molecule has 0 saturated carbocycles. The third kappa shape index (κ3) is 4.21. The number of benzene rings is 1. The quantitative estimate of drug-likeness (QED) is 0.814. The normalized spacial score (nSPS) is 10.6. The van der Waals surface area contributed by atoms with Gasteiger partial charge >= 0.3 is 6.03 Å². The summed E-state index contributed by atoms with van der Waals surface area (Å²) in [6.07, 6.45) is 0.729. The predicted molar refractivity (Wildman–Crippen MR) is 96.2 cm³/mol. The van der Waals surface area contributed by atoms with Crippen LogP contribution in [0.15, 0.2) is 22.7 Å². The van der Waals surface area contributed by atoms with Gasteiger partial charge in [-0.1, -0.05) is 27.5 Å². The van der Waals surface area contributed by atoms with Crippen molar-refractivity contribution in [3.63, 3.8) is 0 Å². The average Bonchev–Trinajstić information content (AvgIpc) is 2.77. The molecule has 1 aromatic carbocycles. The van der Waals surface area contributed by atoms with Gasteiger partial charge in [0, 0.05) is 29.4 Å². The zero-order chi connectivity index (χ0) is 16.3. The highest BCUT2D eigenvalue weighted by Crippen LogP contribution is 2.28. The minimum Gasteiger partial charge on any atom is -0.337 e. The standard InChI is InChI=1S/C15H17BrClN3OS/c1-9-10(2)22-14(19-9)6-7-18-15(21)20(3)13-5-4-11(16)8-12(13)17/h4-5,8H,6-7H2,1-3H3,(H,18,21). The van der Waals surface area contributed by atoms with Crippen LogP contribution in [0.4, 0.5) is 10.5 Å². The van der Waals surface area contributed by atoms with Crippen LogP contribution >= 0.6 is 38.9 Å². The van der Waals surface area contributed by atoms with E-state index in [0.717, 1.165) is 21.6 Å². The van der Waals surface area contributed by atoms with Crippen molar-refractivity contribution < 1.29 is 4.79 Å². The summed E-state index contributed by atoms with van der Waals surface area (Å²) < 4.78 is 0.879. The predicted octanol–water partition coefficient (Wildman–Crippen LogP) is 4.56. The third-order valence-corrected chi connectivity index (χ3v) is 5.19. The molecule has 1 aromatic heterocycles. The number of nitrogens with one attached hydrogen (secondary N) is 1. The molecule has 0 spiro atoms. The second-order valence-corrected chi connectivity index (χ2v) is 7.50. The number of rotatable bonds is 4. The number of hydrogen-bond donors (Lipinski definition) is 1. The smallest absolute Gasteiger partial charge is 0.321 e. The van der Waals surface area contributed by atoms with Crippen molar-refractivity contribution in [3.8, 4) is 0 Å². The molecule has 0 atom stereocenters. The topological polar surface area (TPSA) is 45.2 Å². The molecule has 0 aliphatic heterocycles. The Balaban J connectivity index is 1.91. The van der Waals surface area contributed by atoms with Crippen LogP contribution in [0.2, 0.25) is 5.02 Å². The van der Waals surface area contributed by atoms with E-state index >= 15 is 0 Å². The lowest BCUT2D eigenvalue weighted by molar-refractivity contribution is 0.247. The molecule has 0 saturated heterocycles. The summed E-state index contributed by atoms with van der Waals surface area (Å²) in [5, 5.41) is 4.45. The lowest BCUT2D eigenvalue weighted by atomic mass is 10.3. The molecule has 22 heavy (non-hydrogen) atoms. The monoisotopic (exact) mass is 401 g/mol. The SMILES string of the molecule is Cc1nc(CCNC(=O)N(C)c2ccc(Br)cc2Cl)sc1C. The maximum Gasteiger partial charge on any atom is 0.321 e. The van der Waals surface area contributed by atoms with E-state index in [1.165, 1.54) is 9.78 Å². The molecule has 1 heterocycles. The second-order valence-electron chi connectivity index (χ2n) is 4.89. The molecular weight excluding hydrogens is 386 g/mol. The molecule has 2 rings (SSSR count). The maximum absolute atomic E-state index is 12.2. The average molecular weight is 403 g/mol. The Hall–Kier alpha value is -1.11. The Labute approximate surface area is 147 Å². The fourth-order valence-electron chi connectivity index (χ4n) is 1.90. The second kappa shape index (κ2) is 7.44. The molecular formula is C15H17BrClN3OS. The summed E-state index contributed by atoms with van der Waals surface area (Å²) in [6, 6.07) is 5.24. The zero-order valence-electron chi connectivity index (χ0n) is 12.6. The van der Waals surface area contributed by atoms with Gasteiger partial charge < -0.3 is 5.32 Å². The maximum atomic E-state index is 12.2. The van der Waals surface area contributed by atoms with Crippen LogP contribution < -0.4 is 10.2 Å². The number of urea groups is 1. The molecule has 0 aliphatic rings. The molecule has 2 aromatic rings. The van der Waals surface area contributed by atoms with Crippen molar-refractivity contribution in [2.75, 3.05) is 18.5 Å². The Morgan fingerprint density at radius 2 is 2.18 bits per heavy atom. The zero-order valence-corrected chi connectivity index (χ0v) is 15.8. The highest BCUT2D eigenvalue weighted by molar-refractivity contribution is 9.10. The highest BCUT2D eigenvalue weighted by Gasteiger charge is 2.14. The van der Waals surface area contributed by atoms with E-state index in [9.17, 15) is 4.79 Å². The third-order valence-electron chi connectivity index (χ3n) is 3.26. The van der Waals surface area contributed by atoms with Crippen molar-refractivity contribution in [3.05, 3.63) is 43.3 Å². The number of amides is 2. The van der Waals surface area contributed by atoms with Crippen molar-refractivity contribution in [1.82, 2.24) is 10.3 Å². The summed E-state index contributed by atoms with van der Waals surface area (Å²) in [4.78, 5) is 19.4. The van der Waals surface area contributed by atoms with E-state index in [1.54, 1.807) is 30.5 Å². The first-order valence-electron chi connectivity index (χ1n) is 6.78. The summed E-state index contributed by atoms with van der Waals surface area (Å²) >= 11 is 11.2. The first kappa shape index (κ1) is 17.2. The van der Waals surface area contributed by atoms with Gasteiger partial charge in [0.1, 0.15) is 0 Å².